The lowest BCUT2D eigenvalue weighted by Gasteiger charge is -2.12. The highest BCUT2D eigenvalue weighted by Gasteiger charge is 2.15. The van der Waals surface area contributed by atoms with Crippen LogP contribution in [0.1, 0.15) is 5.56 Å². The molecule has 0 spiro atoms. The van der Waals surface area contributed by atoms with Crippen molar-refractivity contribution in [3.05, 3.63) is 54.1 Å². The van der Waals surface area contributed by atoms with E-state index < -0.39 is 10.0 Å². The van der Waals surface area contributed by atoms with Crippen molar-refractivity contribution in [2.75, 3.05) is 19.5 Å². The predicted octanol–water partition coefficient (Wildman–Crippen LogP) is 2.22. The highest BCUT2D eigenvalue weighted by atomic mass is 32.2. The Morgan fingerprint density at radius 3 is 2.57 bits per heavy atom. The minimum absolute atomic E-state index is 0.232. The van der Waals surface area contributed by atoms with Crippen LogP contribution in [0.2, 0.25) is 0 Å². The van der Waals surface area contributed by atoms with Crippen LogP contribution in [0.15, 0.2) is 53.4 Å². The average Bonchev–Trinajstić information content (AvgIpc) is 2.53. The summed E-state index contributed by atoms with van der Waals surface area (Å²) in [5.41, 5.74) is 1.57. The summed E-state index contributed by atoms with van der Waals surface area (Å²) in [6.45, 7) is 0.507. The van der Waals surface area contributed by atoms with Gasteiger partial charge in [-0.15, -0.1) is 0 Å². The van der Waals surface area contributed by atoms with Gasteiger partial charge in [0.05, 0.1) is 12.8 Å². The first kappa shape index (κ1) is 15.3. The second-order valence-corrected chi connectivity index (χ2v) is 6.26. The van der Waals surface area contributed by atoms with Crippen LogP contribution in [0.25, 0.3) is 0 Å². The van der Waals surface area contributed by atoms with Gasteiger partial charge in [-0.25, -0.2) is 13.1 Å². The minimum atomic E-state index is -3.48. The van der Waals surface area contributed by atoms with Gasteiger partial charge >= 0.3 is 0 Å². The van der Waals surface area contributed by atoms with Crippen LogP contribution in [0, 0.1) is 0 Å². The Hall–Kier alpha value is -2.05. The number of methoxy groups -OCH3 is 1. The van der Waals surface area contributed by atoms with E-state index in [0.29, 0.717) is 12.2 Å². The molecule has 0 bridgehead atoms. The Kier molecular flexibility index (Phi) is 4.82. The molecule has 0 fully saturated rings. The molecule has 2 rings (SSSR count). The van der Waals surface area contributed by atoms with Gasteiger partial charge in [-0.3, -0.25) is 0 Å². The van der Waals surface area contributed by atoms with E-state index in [4.69, 9.17) is 4.74 Å². The maximum atomic E-state index is 12.0. The topological polar surface area (TPSA) is 67.4 Å². The molecule has 0 aliphatic rings. The van der Waals surface area contributed by atoms with Crippen LogP contribution < -0.4 is 14.8 Å². The lowest BCUT2D eigenvalue weighted by molar-refractivity contribution is 0.414. The third kappa shape index (κ3) is 3.74. The zero-order chi connectivity index (χ0) is 15.3. The molecule has 2 N–H and O–H groups in total. The Morgan fingerprint density at radius 1 is 1.10 bits per heavy atom. The van der Waals surface area contributed by atoms with E-state index in [1.54, 1.807) is 31.4 Å². The molecule has 0 radical (unpaired) electrons. The molecule has 0 unspecified atom stereocenters. The number of para-hydroxylation sites is 1. The SMILES string of the molecule is CNS(=O)(=O)c1ccccc1NCc1cccc(OC)c1. The molecule has 6 heteroatoms. The molecule has 0 saturated heterocycles. The first-order chi connectivity index (χ1) is 10.1. The van der Waals surface area contributed by atoms with Gasteiger partial charge in [-0.1, -0.05) is 24.3 Å². The third-order valence-electron chi connectivity index (χ3n) is 3.06. The van der Waals surface area contributed by atoms with E-state index in [0.717, 1.165) is 11.3 Å². The van der Waals surface area contributed by atoms with Gasteiger partial charge in [0.1, 0.15) is 10.6 Å². The number of ether oxygens (including phenoxy) is 1. The second kappa shape index (κ2) is 6.60. The van der Waals surface area contributed by atoms with Crippen molar-refractivity contribution in [3.63, 3.8) is 0 Å². The van der Waals surface area contributed by atoms with Gasteiger partial charge in [0.2, 0.25) is 10.0 Å². The second-order valence-electron chi connectivity index (χ2n) is 4.41. The molecule has 112 valence electrons. The summed E-state index contributed by atoms with van der Waals surface area (Å²) in [7, 11) is -0.474. The van der Waals surface area contributed by atoms with Crippen LogP contribution >= 0.6 is 0 Å². The van der Waals surface area contributed by atoms with Crippen LogP contribution in [0.5, 0.6) is 5.75 Å². The molecule has 0 aromatic heterocycles. The summed E-state index contributed by atoms with van der Waals surface area (Å²) in [6, 6.07) is 14.4. The van der Waals surface area contributed by atoms with Crippen LogP contribution in [-0.4, -0.2) is 22.6 Å². The van der Waals surface area contributed by atoms with Crippen LogP contribution in [-0.2, 0) is 16.6 Å². The quantitative estimate of drug-likeness (QED) is 0.858. The summed E-state index contributed by atoms with van der Waals surface area (Å²) in [5, 5.41) is 3.15. The summed E-state index contributed by atoms with van der Waals surface area (Å²) in [6.07, 6.45) is 0. The normalized spacial score (nSPS) is 11.1. The van der Waals surface area contributed by atoms with Gasteiger partial charge in [-0.05, 0) is 36.9 Å². The van der Waals surface area contributed by atoms with E-state index in [2.05, 4.69) is 10.0 Å². The monoisotopic (exact) mass is 306 g/mol. The Labute approximate surface area is 125 Å². The lowest BCUT2D eigenvalue weighted by Crippen LogP contribution is -2.20. The van der Waals surface area contributed by atoms with Crippen molar-refractivity contribution in [3.8, 4) is 5.75 Å². The largest absolute Gasteiger partial charge is 0.497 e. The Morgan fingerprint density at radius 2 is 1.86 bits per heavy atom. The molecule has 2 aromatic rings. The van der Waals surface area contributed by atoms with Crippen LogP contribution in [0.4, 0.5) is 5.69 Å². The summed E-state index contributed by atoms with van der Waals surface area (Å²) in [5.74, 6) is 0.769. The van der Waals surface area contributed by atoms with E-state index in [-0.39, 0.29) is 4.90 Å². The number of nitrogens with one attached hydrogen (secondary N) is 2. The molecular formula is C15H18N2O3S. The fourth-order valence-electron chi connectivity index (χ4n) is 1.94. The van der Waals surface area contributed by atoms with Crippen molar-refractivity contribution in [1.82, 2.24) is 4.72 Å². The van der Waals surface area contributed by atoms with E-state index in [9.17, 15) is 8.42 Å². The number of hydrogen-bond acceptors (Lipinski definition) is 4. The third-order valence-corrected chi connectivity index (χ3v) is 4.53. The molecule has 5 nitrogen and oxygen atoms in total. The molecule has 0 amide bonds. The smallest absolute Gasteiger partial charge is 0.242 e. The molecule has 0 heterocycles. The molecule has 0 atom stereocenters. The lowest BCUT2D eigenvalue weighted by atomic mass is 10.2. The summed E-state index contributed by atoms with van der Waals surface area (Å²) < 4.78 is 31.4. The van der Waals surface area contributed by atoms with Gasteiger partial charge in [0, 0.05) is 6.54 Å². The zero-order valence-electron chi connectivity index (χ0n) is 12.0. The fraction of sp³-hybridized carbons (Fsp3) is 0.200. The van der Waals surface area contributed by atoms with E-state index in [1.165, 1.54) is 7.05 Å². The maximum Gasteiger partial charge on any atom is 0.242 e. The maximum absolute atomic E-state index is 12.0. The number of anilines is 1. The highest BCUT2D eigenvalue weighted by molar-refractivity contribution is 7.89. The first-order valence-electron chi connectivity index (χ1n) is 6.46. The Balaban J connectivity index is 2.21. The standard InChI is InChI=1S/C15H18N2O3S/c1-16-21(18,19)15-9-4-3-8-14(15)17-11-12-6-5-7-13(10-12)20-2/h3-10,16-17H,11H2,1-2H3. The fourth-order valence-corrected chi connectivity index (χ4v) is 2.84. The molecule has 21 heavy (non-hydrogen) atoms. The molecule has 0 saturated carbocycles. The van der Waals surface area contributed by atoms with Crippen molar-refractivity contribution < 1.29 is 13.2 Å². The van der Waals surface area contributed by atoms with E-state index >= 15 is 0 Å². The molecule has 0 aliphatic carbocycles. The number of hydrogen-bond donors (Lipinski definition) is 2. The number of sulfonamides is 1. The van der Waals surface area contributed by atoms with Gasteiger partial charge in [0.15, 0.2) is 0 Å². The van der Waals surface area contributed by atoms with Gasteiger partial charge < -0.3 is 10.1 Å². The Bertz CT molecular complexity index is 714. The zero-order valence-corrected chi connectivity index (χ0v) is 12.8. The molecule has 2 aromatic carbocycles. The summed E-state index contributed by atoms with van der Waals surface area (Å²) >= 11 is 0. The van der Waals surface area contributed by atoms with Crippen molar-refractivity contribution in [1.29, 1.82) is 0 Å². The van der Waals surface area contributed by atoms with E-state index in [1.807, 2.05) is 24.3 Å². The van der Waals surface area contributed by atoms with Crippen molar-refractivity contribution in [2.45, 2.75) is 11.4 Å². The van der Waals surface area contributed by atoms with Gasteiger partial charge in [-0.2, -0.15) is 0 Å². The number of rotatable bonds is 6. The minimum Gasteiger partial charge on any atom is -0.497 e. The molecule has 0 aliphatic heterocycles. The molecular weight excluding hydrogens is 288 g/mol. The van der Waals surface area contributed by atoms with Gasteiger partial charge in [0.25, 0.3) is 0 Å². The first-order valence-corrected chi connectivity index (χ1v) is 7.94. The highest BCUT2D eigenvalue weighted by Crippen LogP contribution is 2.21. The van der Waals surface area contributed by atoms with Crippen LogP contribution in [0.3, 0.4) is 0 Å². The number of benzene rings is 2. The summed E-state index contributed by atoms with van der Waals surface area (Å²) in [4.78, 5) is 0.232. The predicted molar refractivity (Wildman–Crippen MR) is 83.0 cm³/mol. The average molecular weight is 306 g/mol. The van der Waals surface area contributed by atoms with Crippen molar-refractivity contribution >= 4 is 15.7 Å². The van der Waals surface area contributed by atoms with Crippen molar-refractivity contribution in [2.24, 2.45) is 0 Å².